The highest BCUT2D eigenvalue weighted by Crippen LogP contribution is 2.10. The second-order valence-corrected chi connectivity index (χ2v) is 11.7. The fourth-order valence-corrected chi connectivity index (χ4v) is 4.84. The molecule has 0 aliphatic carbocycles. The average molecular weight is 641 g/mol. The van der Waals surface area contributed by atoms with Gasteiger partial charge in [0.15, 0.2) is 0 Å². The van der Waals surface area contributed by atoms with Crippen molar-refractivity contribution in [3.05, 3.63) is 71.8 Å². The molecule has 254 valence electrons. The van der Waals surface area contributed by atoms with Gasteiger partial charge in [0.2, 0.25) is 23.6 Å². The molecule has 2 aromatic carbocycles. The van der Waals surface area contributed by atoms with Crippen LogP contribution in [0.15, 0.2) is 60.7 Å². The molecule has 0 radical (unpaired) electrons. The van der Waals surface area contributed by atoms with E-state index in [4.69, 9.17) is 21.3 Å². The summed E-state index contributed by atoms with van der Waals surface area (Å²) in [6.07, 6.45) is 2.45. The molecule has 9 N–H and O–H groups in total. The summed E-state index contributed by atoms with van der Waals surface area (Å²) < 4.78 is 5.20. The molecule has 46 heavy (non-hydrogen) atoms. The molecule has 0 bridgehead atoms. The molecule has 0 aromatic heterocycles. The standard InChI is InChI=1S/C34H52N6O6/c1-24(2)21-29(33(44)38-28(15-9-10-16-35)32(43)37-17-19-46-20-18-41)40-34(45)30(23-26-13-7-4-8-14-26)39-31(42)27(36)22-25-11-5-3-6-12-25/h3-8,11-14,24,27-30,41H,9-10,15-23,35-36H2,1-2H3,(H,37,43)(H,38,44)(H,39,42)(H,40,45)/t27-,28-,29-,30-/m1/s1. The van der Waals surface area contributed by atoms with Crippen molar-refractivity contribution in [1.82, 2.24) is 21.3 Å². The lowest BCUT2D eigenvalue weighted by Crippen LogP contribution is -2.58. The third-order valence-electron chi connectivity index (χ3n) is 7.25. The lowest BCUT2D eigenvalue weighted by molar-refractivity contribution is -0.134. The predicted molar refractivity (Wildman–Crippen MR) is 177 cm³/mol. The minimum atomic E-state index is -0.998. The summed E-state index contributed by atoms with van der Waals surface area (Å²) in [4.78, 5) is 53.5. The number of carbonyl (C=O) groups is 4. The van der Waals surface area contributed by atoms with Crippen LogP contribution >= 0.6 is 0 Å². The summed E-state index contributed by atoms with van der Waals surface area (Å²) in [5.41, 5.74) is 13.6. The second-order valence-electron chi connectivity index (χ2n) is 11.7. The van der Waals surface area contributed by atoms with Gasteiger partial charge in [0.25, 0.3) is 0 Å². The molecule has 4 atom stereocenters. The number of carbonyl (C=O) groups excluding carboxylic acids is 4. The molecular weight excluding hydrogens is 588 g/mol. The van der Waals surface area contributed by atoms with Crippen molar-refractivity contribution in [3.63, 3.8) is 0 Å². The normalized spacial score (nSPS) is 13.7. The number of hydrogen-bond donors (Lipinski definition) is 7. The molecule has 2 rings (SSSR count). The van der Waals surface area contributed by atoms with Gasteiger partial charge in [-0.25, -0.2) is 0 Å². The number of rotatable bonds is 22. The van der Waals surface area contributed by atoms with Gasteiger partial charge in [0.05, 0.1) is 25.9 Å². The molecular formula is C34H52N6O6. The molecule has 0 fully saturated rings. The van der Waals surface area contributed by atoms with E-state index in [-0.39, 0.29) is 44.6 Å². The Morgan fingerprint density at radius 1 is 0.739 bits per heavy atom. The number of amides is 4. The van der Waals surface area contributed by atoms with Gasteiger partial charge < -0.3 is 42.6 Å². The maximum atomic E-state index is 13.7. The first-order valence-corrected chi connectivity index (χ1v) is 16.1. The Morgan fingerprint density at radius 2 is 1.30 bits per heavy atom. The Labute approximate surface area is 272 Å². The number of nitrogens with one attached hydrogen (secondary N) is 4. The van der Waals surface area contributed by atoms with Crippen LogP contribution in [-0.4, -0.2) is 85.8 Å². The minimum absolute atomic E-state index is 0.0331. The second kappa shape index (κ2) is 21.8. The Kier molecular flexibility index (Phi) is 18.2. The lowest BCUT2D eigenvalue weighted by atomic mass is 9.99. The van der Waals surface area contributed by atoms with Gasteiger partial charge in [0, 0.05) is 13.0 Å². The van der Waals surface area contributed by atoms with Gasteiger partial charge in [0.1, 0.15) is 18.1 Å². The number of aliphatic hydroxyl groups is 1. The number of benzene rings is 2. The summed E-state index contributed by atoms with van der Waals surface area (Å²) in [7, 11) is 0. The molecule has 4 amide bonds. The van der Waals surface area contributed by atoms with Crippen LogP contribution in [0.1, 0.15) is 50.7 Å². The Bertz CT molecular complexity index is 1180. The summed E-state index contributed by atoms with van der Waals surface area (Å²) >= 11 is 0. The minimum Gasteiger partial charge on any atom is -0.394 e. The number of ether oxygens (including phenoxy) is 1. The molecule has 0 aliphatic heterocycles. The zero-order valence-corrected chi connectivity index (χ0v) is 27.1. The maximum Gasteiger partial charge on any atom is 0.243 e. The first kappa shape index (κ1) is 38.3. The van der Waals surface area contributed by atoms with Crippen LogP contribution in [-0.2, 0) is 36.8 Å². The molecule has 0 saturated heterocycles. The first-order valence-electron chi connectivity index (χ1n) is 16.1. The Morgan fingerprint density at radius 3 is 1.89 bits per heavy atom. The summed E-state index contributed by atoms with van der Waals surface area (Å²) in [5.74, 6) is -1.86. The van der Waals surface area contributed by atoms with Crippen LogP contribution in [0.2, 0.25) is 0 Å². The number of hydrogen-bond acceptors (Lipinski definition) is 8. The van der Waals surface area contributed by atoms with Crippen LogP contribution in [0.3, 0.4) is 0 Å². The SMILES string of the molecule is CC(C)C[C@@H](NC(=O)[C@@H](Cc1ccccc1)NC(=O)[C@H](N)Cc1ccccc1)C(=O)N[C@H](CCCCN)C(=O)NCCOCCO. The molecule has 0 aliphatic rings. The lowest BCUT2D eigenvalue weighted by Gasteiger charge is -2.27. The van der Waals surface area contributed by atoms with E-state index in [1.807, 2.05) is 74.5 Å². The van der Waals surface area contributed by atoms with Gasteiger partial charge in [-0.05, 0) is 55.7 Å². The third-order valence-corrected chi connectivity index (χ3v) is 7.25. The predicted octanol–water partition coefficient (Wildman–Crippen LogP) is 0.554. The van der Waals surface area contributed by atoms with E-state index in [0.29, 0.717) is 38.6 Å². The molecule has 0 heterocycles. The topological polar surface area (TPSA) is 198 Å². The molecule has 12 nitrogen and oxygen atoms in total. The van der Waals surface area contributed by atoms with Crippen molar-refractivity contribution >= 4 is 23.6 Å². The van der Waals surface area contributed by atoms with Crippen molar-refractivity contribution in [2.24, 2.45) is 17.4 Å². The molecule has 0 spiro atoms. The van der Waals surface area contributed by atoms with Gasteiger partial charge in [-0.15, -0.1) is 0 Å². The van der Waals surface area contributed by atoms with Crippen molar-refractivity contribution in [2.75, 3.05) is 32.9 Å². The molecule has 2 aromatic rings. The van der Waals surface area contributed by atoms with Crippen molar-refractivity contribution < 1.29 is 29.0 Å². The fraction of sp³-hybridized carbons (Fsp3) is 0.529. The van der Waals surface area contributed by atoms with Crippen LogP contribution in [0, 0.1) is 5.92 Å². The Balaban J connectivity index is 2.18. The van der Waals surface area contributed by atoms with Crippen LogP contribution in [0.5, 0.6) is 0 Å². The van der Waals surface area contributed by atoms with Gasteiger partial charge in [-0.2, -0.15) is 0 Å². The zero-order valence-electron chi connectivity index (χ0n) is 27.1. The van der Waals surface area contributed by atoms with Crippen LogP contribution in [0.25, 0.3) is 0 Å². The average Bonchev–Trinajstić information content (AvgIpc) is 3.04. The van der Waals surface area contributed by atoms with E-state index in [1.165, 1.54) is 0 Å². The first-order chi connectivity index (χ1) is 22.1. The largest absolute Gasteiger partial charge is 0.394 e. The highest BCUT2D eigenvalue weighted by molar-refractivity contribution is 5.95. The van der Waals surface area contributed by atoms with E-state index in [2.05, 4.69) is 21.3 Å². The molecule has 0 unspecified atom stereocenters. The van der Waals surface area contributed by atoms with Gasteiger partial charge in [-0.1, -0.05) is 74.5 Å². The van der Waals surface area contributed by atoms with E-state index in [1.54, 1.807) is 0 Å². The summed E-state index contributed by atoms with van der Waals surface area (Å²) in [5, 5.41) is 20.1. The van der Waals surface area contributed by atoms with Crippen LogP contribution in [0.4, 0.5) is 0 Å². The number of aliphatic hydroxyl groups excluding tert-OH is 1. The van der Waals surface area contributed by atoms with E-state index in [0.717, 1.165) is 11.1 Å². The van der Waals surface area contributed by atoms with E-state index < -0.39 is 41.9 Å². The van der Waals surface area contributed by atoms with Gasteiger partial charge in [-0.3, -0.25) is 19.2 Å². The van der Waals surface area contributed by atoms with Crippen LogP contribution < -0.4 is 32.7 Å². The van der Waals surface area contributed by atoms with Crippen molar-refractivity contribution in [1.29, 1.82) is 0 Å². The van der Waals surface area contributed by atoms with Crippen molar-refractivity contribution in [2.45, 2.75) is 76.5 Å². The molecule has 0 saturated carbocycles. The number of nitrogens with two attached hydrogens (primary N) is 2. The summed E-state index contributed by atoms with van der Waals surface area (Å²) in [6.45, 7) is 4.77. The highest BCUT2D eigenvalue weighted by atomic mass is 16.5. The monoisotopic (exact) mass is 640 g/mol. The fourth-order valence-electron chi connectivity index (χ4n) is 4.84. The zero-order chi connectivity index (χ0) is 33.7. The third kappa shape index (κ3) is 15.0. The summed E-state index contributed by atoms with van der Waals surface area (Å²) in [6, 6.07) is 14.9. The molecule has 12 heteroatoms. The number of unbranched alkanes of at least 4 members (excludes halogenated alkanes) is 1. The smallest absolute Gasteiger partial charge is 0.243 e. The van der Waals surface area contributed by atoms with E-state index in [9.17, 15) is 19.2 Å². The van der Waals surface area contributed by atoms with Gasteiger partial charge >= 0.3 is 0 Å². The Hall–Kier alpha value is -3.84. The quantitative estimate of drug-likeness (QED) is 0.0906. The van der Waals surface area contributed by atoms with Crippen molar-refractivity contribution in [3.8, 4) is 0 Å². The maximum absolute atomic E-state index is 13.7. The van der Waals surface area contributed by atoms with E-state index >= 15 is 0 Å². The highest BCUT2D eigenvalue weighted by Gasteiger charge is 2.31.